The molecule has 0 radical (unpaired) electrons. The summed E-state index contributed by atoms with van der Waals surface area (Å²) in [6.45, 7) is 1.87. The normalized spacial score (nSPS) is 10.1. The molecule has 2 aromatic rings. The molecule has 0 spiro atoms. The molecule has 0 fully saturated rings. The predicted octanol–water partition coefficient (Wildman–Crippen LogP) is 2.32. The largest absolute Gasteiger partial charge is 0.331 e. The number of carbonyl (C=O) groups excluding carboxylic acids is 1. The third-order valence-electron chi connectivity index (χ3n) is 1.96. The van der Waals surface area contributed by atoms with E-state index in [0.717, 1.165) is 5.56 Å². The molecule has 0 saturated carbocycles. The molecule has 1 amide bonds. The molecule has 5 nitrogen and oxygen atoms in total. The lowest BCUT2D eigenvalue weighted by atomic mass is 10.3. The lowest BCUT2D eigenvalue weighted by molar-refractivity contribution is 0.253. The van der Waals surface area contributed by atoms with Crippen molar-refractivity contribution in [2.45, 2.75) is 6.92 Å². The van der Waals surface area contributed by atoms with E-state index in [0.29, 0.717) is 5.69 Å². The number of nitrogens with one attached hydrogen (secondary N) is 1. The average Bonchev–Trinajstić information content (AvgIpc) is 2.76. The molecular weight excluding hydrogens is 228 g/mol. The van der Waals surface area contributed by atoms with Gasteiger partial charge in [-0.1, -0.05) is 11.6 Å². The van der Waals surface area contributed by atoms with Crippen LogP contribution in [0.15, 0.2) is 31.0 Å². The highest BCUT2D eigenvalue weighted by atomic mass is 35.5. The van der Waals surface area contributed by atoms with Gasteiger partial charge in [0, 0.05) is 18.6 Å². The smallest absolute Gasteiger partial charge is 0.304 e. The molecule has 0 atom stereocenters. The molecule has 0 saturated heterocycles. The lowest BCUT2D eigenvalue weighted by Gasteiger charge is -2.07. The number of aromatic nitrogens is 3. The van der Waals surface area contributed by atoms with Crippen molar-refractivity contribution < 1.29 is 4.79 Å². The molecule has 82 valence electrons. The second-order valence-electron chi connectivity index (χ2n) is 3.25. The van der Waals surface area contributed by atoms with Crippen LogP contribution >= 0.6 is 11.6 Å². The highest BCUT2D eigenvalue weighted by Gasteiger charge is 2.07. The van der Waals surface area contributed by atoms with Crippen LogP contribution in [-0.4, -0.2) is 20.6 Å². The second-order valence-corrected chi connectivity index (χ2v) is 3.61. The first-order valence-electron chi connectivity index (χ1n) is 4.58. The van der Waals surface area contributed by atoms with Crippen LogP contribution < -0.4 is 5.32 Å². The van der Waals surface area contributed by atoms with Crippen LogP contribution in [0.1, 0.15) is 5.56 Å². The van der Waals surface area contributed by atoms with Gasteiger partial charge in [0.15, 0.2) is 5.15 Å². The Hall–Kier alpha value is -1.88. The lowest BCUT2D eigenvalue weighted by Crippen LogP contribution is -2.18. The first-order valence-corrected chi connectivity index (χ1v) is 4.96. The summed E-state index contributed by atoms with van der Waals surface area (Å²) in [5.41, 5.74) is 1.41. The number of rotatable bonds is 1. The SMILES string of the molecule is Cc1cnc(Cl)c(NC(=O)n2ccnc2)c1. The maximum absolute atomic E-state index is 11.7. The highest BCUT2D eigenvalue weighted by molar-refractivity contribution is 6.32. The third kappa shape index (κ3) is 2.20. The van der Waals surface area contributed by atoms with Crippen molar-refractivity contribution >= 4 is 23.3 Å². The fraction of sp³-hybridized carbons (Fsp3) is 0.100. The standard InChI is InChI=1S/C10H9ClN4O/c1-7-4-8(9(11)13-5-7)14-10(16)15-3-2-12-6-15/h2-6H,1H3,(H,14,16). The number of imidazole rings is 1. The molecule has 1 N–H and O–H groups in total. The third-order valence-corrected chi connectivity index (χ3v) is 2.26. The molecule has 6 heteroatoms. The number of hydrogen-bond donors (Lipinski definition) is 1. The van der Waals surface area contributed by atoms with Crippen LogP contribution in [0.25, 0.3) is 0 Å². The number of carbonyl (C=O) groups is 1. The van der Waals surface area contributed by atoms with E-state index < -0.39 is 0 Å². The van der Waals surface area contributed by atoms with Crippen LogP contribution in [0.3, 0.4) is 0 Å². The van der Waals surface area contributed by atoms with Gasteiger partial charge in [-0.25, -0.2) is 14.8 Å². The molecule has 0 aliphatic heterocycles. The maximum Gasteiger partial charge on any atom is 0.331 e. The average molecular weight is 237 g/mol. The van der Waals surface area contributed by atoms with E-state index in [1.165, 1.54) is 17.1 Å². The topological polar surface area (TPSA) is 59.8 Å². The summed E-state index contributed by atoms with van der Waals surface area (Å²) in [6, 6.07) is 1.43. The number of aryl methyl sites for hydroxylation is 1. The Labute approximate surface area is 97.1 Å². The van der Waals surface area contributed by atoms with E-state index in [9.17, 15) is 4.79 Å². The van der Waals surface area contributed by atoms with Crippen molar-refractivity contribution in [3.05, 3.63) is 41.7 Å². The zero-order valence-corrected chi connectivity index (χ0v) is 9.27. The summed E-state index contributed by atoms with van der Waals surface area (Å²) in [7, 11) is 0. The Morgan fingerprint density at radius 1 is 1.56 bits per heavy atom. The minimum absolute atomic E-state index is 0.263. The van der Waals surface area contributed by atoms with Crippen LogP contribution in [-0.2, 0) is 0 Å². The van der Waals surface area contributed by atoms with Crippen LogP contribution in [0.4, 0.5) is 10.5 Å². The van der Waals surface area contributed by atoms with E-state index in [1.54, 1.807) is 18.5 Å². The Morgan fingerprint density at radius 2 is 2.38 bits per heavy atom. The summed E-state index contributed by atoms with van der Waals surface area (Å²) >= 11 is 5.85. The predicted molar refractivity (Wildman–Crippen MR) is 60.6 cm³/mol. The zero-order valence-electron chi connectivity index (χ0n) is 8.51. The molecular formula is C10H9ClN4O. The summed E-state index contributed by atoms with van der Waals surface area (Å²) in [4.78, 5) is 19.4. The molecule has 2 rings (SSSR count). The van der Waals surface area contributed by atoms with Gasteiger partial charge in [-0.05, 0) is 18.6 Å². The Balaban J connectivity index is 2.21. The molecule has 0 aliphatic carbocycles. The van der Waals surface area contributed by atoms with Crippen molar-refractivity contribution in [1.29, 1.82) is 0 Å². The first kappa shape index (κ1) is 10.6. The van der Waals surface area contributed by atoms with Gasteiger partial charge >= 0.3 is 6.03 Å². The van der Waals surface area contributed by atoms with Crippen molar-refractivity contribution in [2.24, 2.45) is 0 Å². The molecule has 0 unspecified atom stereocenters. The van der Waals surface area contributed by atoms with Gasteiger partial charge in [-0.2, -0.15) is 0 Å². The number of amides is 1. The van der Waals surface area contributed by atoms with Crippen LogP contribution in [0.5, 0.6) is 0 Å². The number of nitrogens with zero attached hydrogens (tertiary/aromatic N) is 3. The Morgan fingerprint density at radius 3 is 3.06 bits per heavy atom. The van der Waals surface area contributed by atoms with Gasteiger partial charge in [0.2, 0.25) is 0 Å². The fourth-order valence-electron chi connectivity index (χ4n) is 1.20. The van der Waals surface area contributed by atoms with E-state index in [2.05, 4.69) is 15.3 Å². The summed E-state index contributed by atoms with van der Waals surface area (Å²) in [6.07, 6.45) is 6.11. The van der Waals surface area contributed by atoms with Gasteiger partial charge in [0.05, 0.1) is 5.69 Å². The van der Waals surface area contributed by atoms with Gasteiger partial charge in [-0.15, -0.1) is 0 Å². The fourth-order valence-corrected chi connectivity index (χ4v) is 1.35. The molecule has 2 heterocycles. The van der Waals surface area contributed by atoms with E-state index in [1.807, 2.05) is 6.92 Å². The number of anilines is 1. The zero-order chi connectivity index (χ0) is 11.5. The van der Waals surface area contributed by atoms with Crippen molar-refractivity contribution in [1.82, 2.24) is 14.5 Å². The van der Waals surface area contributed by atoms with Gasteiger partial charge in [0.1, 0.15) is 6.33 Å². The molecule has 16 heavy (non-hydrogen) atoms. The van der Waals surface area contributed by atoms with Crippen LogP contribution in [0.2, 0.25) is 5.15 Å². The number of halogens is 1. The first-order chi connectivity index (χ1) is 7.66. The highest BCUT2D eigenvalue weighted by Crippen LogP contribution is 2.19. The molecule has 0 aromatic carbocycles. The molecule has 0 aliphatic rings. The van der Waals surface area contributed by atoms with E-state index in [4.69, 9.17) is 11.6 Å². The second kappa shape index (κ2) is 4.32. The summed E-state index contributed by atoms with van der Waals surface area (Å²) in [5.74, 6) is 0. The number of pyridine rings is 1. The minimum atomic E-state index is -0.327. The van der Waals surface area contributed by atoms with E-state index in [-0.39, 0.29) is 11.2 Å². The van der Waals surface area contributed by atoms with Gasteiger partial charge in [0.25, 0.3) is 0 Å². The summed E-state index contributed by atoms with van der Waals surface area (Å²) in [5, 5.41) is 2.91. The molecule has 0 bridgehead atoms. The maximum atomic E-state index is 11.7. The quantitative estimate of drug-likeness (QED) is 0.773. The minimum Gasteiger partial charge on any atom is -0.304 e. The monoisotopic (exact) mass is 236 g/mol. The molecule has 2 aromatic heterocycles. The number of hydrogen-bond acceptors (Lipinski definition) is 3. The van der Waals surface area contributed by atoms with Crippen molar-refractivity contribution in [3.63, 3.8) is 0 Å². The van der Waals surface area contributed by atoms with Crippen LogP contribution in [0, 0.1) is 6.92 Å². The van der Waals surface area contributed by atoms with Gasteiger partial charge in [-0.3, -0.25) is 4.57 Å². The summed E-state index contributed by atoms with van der Waals surface area (Å²) < 4.78 is 1.32. The Bertz CT molecular complexity index is 510. The van der Waals surface area contributed by atoms with E-state index >= 15 is 0 Å². The van der Waals surface area contributed by atoms with Crippen molar-refractivity contribution in [2.75, 3.05) is 5.32 Å². The Kier molecular flexibility index (Phi) is 2.87. The van der Waals surface area contributed by atoms with Crippen molar-refractivity contribution in [3.8, 4) is 0 Å². The van der Waals surface area contributed by atoms with Gasteiger partial charge < -0.3 is 5.32 Å².